The van der Waals surface area contributed by atoms with Crippen LogP contribution in [0.15, 0.2) is 85.3 Å². The van der Waals surface area contributed by atoms with Gasteiger partial charge in [0.05, 0.1) is 24.5 Å². The lowest BCUT2D eigenvalue weighted by atomic mass is 10.1. The van der Waals surface area contributed by atoms with Gasteiger partial charge in [0.2, 0.25) is 5.91 Å². The number of unbranched alkanes of at least 4 members (excludes halogenated alkanes) is 1. The molecular weight excluding hydrogens is 454 g/mol. The van der Waals surface area contributed by atoms with Gasteiger partial charge in [0.25, 0.3) is 5.91 Å². The molecule has 2 aromatic carbocycles. The number of hydrogen-bond acceptors (Lipinski definition) is 5. The second-order valence-corrected chi connectivity index (χ2v) is 8.20. The normalized spacial score (nSPS) is 10.6. The number of carbonyl (C=O) groups is 2. The second-order valence-electron chi connectivity index (χ2n) is 8.20. The highest BCUT2D eigenvalue weighted by Gasteiger charge is 2.14. The van der Waals surface area contributed by atoms with Crippen molar-refractivity contribution in [1.29, 1.82) is 0 Å². The molecule has 0 atom stereocenters. The van der Waals surface area contributed by atoms with Crippen molar-refractivity contribution in [2.24, 2.45) is 0 Å². The zero-order valence-corrected chi connectivity index (χ0v) is 20.2. The van der Waals surface area contributed by atoms with Crippen molar-refractivity contribution >= 4 is 11.8 Å². The average molecular weight is 484 g/mol. The van der Waals surface area contributed by atoms with Gasteiger partial charge in [-0.15, -0.1) is 0 Å². The Balaban J connectivity index is 1.35. The first-order valence-electron chi connectivity index (χ1n) is 12.0. The van der Waals surface area contributed by atoms with Crippen LogP contribution in [-0.2, 0) is 11.3 Å². The smallest absolute Gasteiger partial charge is 0.251 e. The fourth-order valence-corrected chi connectivity index (χ4v) is 3.56. The van der Waals surface area contributed by atoms with Crippen molar-refractivity contribution in [2.75, 3.05) is 13.2 Å². The Hall–Kier alpha value is -4.46. The highest BCUT2D eigenvalue weighted by atomic mass is 16.5. The largest absolute Gasteiger partial charge is 0.494 e. The highest BCUT2D eigenvalue weighted by Crippen LogP contribution is 2.23. The molecule has 36 heavy (non-hydrogen) atoms. The van der Waals surface area contributed by atoms with Gasteiger partial charge in [-0.3, -0.25) is 14.6 Å². The van der Waals surface area contributed by atoms with Gasteiger partial charge in [-0.2, -0.15) is 5.10 Å². The molecule has 4 rings (SSSR count). The maximum atomic E-state index is 12.5. The van der Waals surface area contributed by atoms with Crippen LogP contribution in [0.2, 0.25) is 0 Å². The van der Waals surface area contributed by atoms with Crippen molar-refractivity contribution in [3.8, 4) is 22.7 Å². The molecule has 0 aliphatic rings. The van der Waals surface area contributed by atoms with Crippen LogP contribution in [0.5, 0.6) is 5.75 Å². The fourth-order valence-electron chi connectivity index (χ4n) is 3.56. The Kier molecular flexibility index (Phi) is 8.43. The van der Waals surface area contributed by atoms with Crippen molar-refractivity contribution in [3.05, 3.63) is 96.4 Å². The number of aromatic nitrogens is 3. The number of para-hydroxylation sites is 1. The molecule has 0 fully saturated rings. The van der Waals surface area contributed by atoms with Crippen LogP contribution in [-0.4, -0.2) is 39.7 Å². The minimum atomic E-state index is -0.320. The summed E-state index contributed by atoms with van der Waals surface area (Å²) in [6, 6.07) is 20.4. The lowest BCUT2D eigenvalue weighted by Crippen LogP contribution is -2.36. The van der Waals surface area contributed by atoms with E-state index in [2.05, 4.69) is 22.5 Å². The third-order valence-electron chi connectivity index (χ3n) is 5.53. The van der Waals surface area contributed by atoms with E-state index in [1.54, 1.807) is 41.3 Å². The van der Waals surface area contributed by atoms with Crippen LogP contribution in [0.4, 0.5) is 0 Å². The molecule has 0 aliphatic carbocycles. The van der Waals surface area contributed by atoms with Gasteiger partial charge < -0.3 is 15.4 Å². The van der Waals surface area contributed by atoms with Crippen LogP contribution in [0.25, 0.3) is 16.9 Å². The molecule has 0 aliphatic heterocycles. The zero-order chi connectivity index (χ0) is 25.2. The molecule has 2 heterocycles. The van der Waals surface area contributed by atoms with E-state index in [0.29, 0.717) is 12.2 Å². The van der Waals surface area contributed by atoms with Crippen LogP contribution >= 0.6 is 0 Å². The van der Waals surface area contributed by atoms with Crippen molar-refractivity contribution < 1.29 is 14.3 Å². The summed E-state index contributed by atoms with van der Waals surface area (Å²) in [5, 5.41) is 10.3. The lowest BCUT2D eigenvalue weighted by molar-refractivity contribution is -0.120. The van der Waals surface area contributed by atoms with E-state index in [0.717, 1.165) is 41.1 Å². The number of benzene rings is 2. The molecule has 2 aromatic heterocycles. The minimum Gasteiger partial charge on any atom is -0.494 e. The van der Waals surface area contributed by atoms with Crippen molar-refractivity contribution in [2.45, 2.75) is 26.3 Å². The summed E-state index contributed by atoms with van der Waals surface area (Å²) in [5.74, 6) is 0.106. The number of ether oxygens (including phenoxy) is 1. The van der Waals surface area contributed by atoms with Crippen molar-refractivity contribution in [3.63, 3.8) is 0 Å². The zero-order valence-electron chi connectivity index (χ0n) is 20.2. The Morgan fingerprint density at radius 2 is 1.69 bits per heavy atom. The molecule has 0 unspecified atom stereocenters. The van der Waals surface area contributed by atoms with Gasteiger partial charge in [0.15, 0.2) is 0 Å². The van der Waals surface area contributed by atoms with Gasteiger partial charge in [0, 0.05) is 41.8 Å². The van der Waals surface area contributed by atoms with E-state index in [9.17, 15) is 9.59 Å². The summed E-state index contributed by atoms with van der Waals surface area (Å²) in [6.45, 7) is 2.88. The summed E-state index contributed by atoms with van der Waals surface area (Å²) < 4.78 is 7.41. The molecule has 2 N–H and O–H groups in total. The van der Waals surface area contributed by atoms with Gasteiger partial charge in [-0.1, -0.05) is 31.5 Å². The number of amides is 2. The standard InChI is InChI=1S/C28H29N5O3/c1-2-3-17-36-25-11-9-22(10-12-25)28(35)31-19-26(34)30-18-23-20-33(24-7-5-4-6-8-24)32-27(23)21-13-15-29-16-14-21/h4-16,20H,2-3,17-19H2,1H3,(H,30,34)(H,31,35). The van der Waals surface area contributed by atoms with E-state index >= 15 is 0 Å². The van der Waals surface area contributed by atoms with Gasteiger partial charge in [-0.25, -0.2) is 4.68 Å². The molecule has 8 nitrogen and oxygen atoms in total. The van der Waals surface area contributed by atoms with Crippen LogP contribution in [0.3, 0.4) is 0 Å². The van der Waals surface area contributed by atoms with E-state index in [-0.39, 0.29) is 24.9 Å². The summed E-state index contributed by atoms with van der Waals surface area (Å²) in [7, 11) is 0. The van der Waals surface area contributed by atoms with Crippen LogP contribution in [0, 0.1) is 0 Å². The van der Waals surface area contributed by atoms with Gasteiger partial charge in [-0.05, 0) is 55.0 Å². The first kappa shape index (κ1) is 24.7. The molecule has 0 saturated heterocycles. The molecule has 184 valence electrons. The predicted molar refractivity (Wildman–Crippen MR) is 138 cm³/mol. The van der Waals surface area contributed by atoms with E-state index in [4.69, 9.17) is 9.84 Å². The Bertz CT molecular complexity index is 1270. The molecule has 8 heteroatoms. The molecule has 4 aromatic rings. The van der Waals surface area contributed by atoms with E-state index in [1.165, 1.54) is 0 Å². The topological polar surface area (TPSA) is 98.1 Å². The monoisotopic (exact) mass is 483 g/mol. The third-order valence-corrected chi connectivity index (χ3v) is 5.53. The molecule has 0 saturated carbocycles. The van der Waals surface area contributed by atoms with Gasteiger partial charge in [0.1, 0.15) is 5.75 Å². The maximum Gasteiger partial charge on any atom is 0.251 e. The third kappa shape index (κ3) is 6.56. The predicted octanol–water partition coefficient (Wildman–Crippen LogP) is 4.16. The lowest BCUT2D eigenvalue weighted by Gasteiger charge is -2.08. The molecule has 0 bridgehead atoms. The summed E-state index contributed by atoms with van der Waals surface area (Å²) in [4.78, 5) is 29.0. The number of nitrogens with one attached hydrogen (secondary N) is 2. The number of pyridine rings is 1. The number of carbonyl (C=O) groups excluding carboxylic acids is 2. The molecular formula is C28H29N5O3. The van der Waals surface area contributed by atoms with Crippen molar-refractivity contribution in [1.82, 2.24) is 25.4 Å². The minimum absolute atomic E-state index is 0.134. The molecule has 2 amide bonds. The van der Waals surface area contributed by atoms with Crippen LogP contribution < -0.4 is 15.4 Å². The Morgan fingerprint density at radius 1 is 0.944 bits per heavy atom. The quantitative estimate of drug-likeness (QED) is 0.312. The molecule has 0 radical (unpaired) electrons. The van der Waals surface area contributed by atoms with E-state index in [1.807, 2.05) is 48.7 Å². The van der Waals surface area contributed by atoms with E-state index < -0.39 is 0 Å². The SMILES string of the molecule is CCCCOc1ccc(C(=O)NCC(=O)NCc2cn(-c3ccccc3)nc2-c2ccncc2)cc1. The first-order valence-corrected chi connectivity index (χ1v) is 12.0. The second kappa shape index (κ2) is 12.3. The Morgan fingerprint density at radius 3 is 2.42 bits per heavy atom. The number of rotatable bonds is 11. The average Bonchev–Trinajstić information content (AvgIpc) is 3.36. The number of hydrogen-bond donors (Lipinski definition) is 2. The molecule has 0 spiro atoms. The highest BCUT2D eigenvalue weighted by molar-refractivity contribution is 5.96. The summed E-state index contributed by atoms with van der Waals surface area (Å²) in [5.41, 5.74) is 3.89. The first-order chi connectivity index (χ1) is 17.6. The summed E-state index contributed by atoms with van der Waals surface area (Å²) >= 11 is 0. The summed E-state index contributed by atoms with van der Waals surface area (Å²) in [6.07, 6.45) is 7.35. The fraction of sp³-hybridized carbons (Fsp3) is 0.214. The number of nitrogens with zero attached hydrogens (tertiary/aromatic N) is 3. The van der Waals surface area contributed by atoms with Gasteiger partial charge >= 0.3 is 0 Å². The maximum absolute atomic E-state index is 12.5. The Labute approximate surface area is 210 Å². The van der Waals surface area contributed by atoms with Crippen LogP contribution in [0.1, 0.15) is 35.7 Å².